The Balaban J connectivity index is 1.98. The van der Waals surface area contributed by atoms with Gasteiger partial charge < -0.3 is 25.6 Å². The van der Waals surface area contributed by atoms with Gasteiger partial charge in [0.25, 0.3) is 5.91 Å². The number of thiophene rings is 1. The number of carbonyl (C=O) groups is 2. The van der Waals surface area contributed by atoms with Gasteiger partial charge in [0, 0.05) is 39.9 Å². The van der Waals surface area contributed by atoms with Crippen molar-refractivity contribution in [1.82, 2.24) is 20.9 Å². The fraction of sp³-hybridized carbons (Fsp3) is 0.632. The third-order valence-electron chi connectivity index (χ3n) is 4.76. The average Bonchev–Trinajstić information content (AvgIpc) is 3.24. The minimum atomic E-state index is -0.549. The Bertz CT molecular complexity index is 631. The number of ether oxygens (including phenoxy) is 1. The highest BCUT2D eigenvalue weighted by atomic mass is 32.1. The molecule has 9 heteroatoms. The molecule has 7 nitrogen and oxygen atoms in total. The predicted molar refractivity (Wildman–Crippen MR) is 116 cm³/mol. The van der Waals surface area contributed by atoms with E-state index < -0.39 is 6.04 Å². The van der Waals surface area contributed by atoms with Crippen LogP contribution in [0.1, 0.15) is 35.9 Å². The van der Waals surface area contributed by atoms with Gasteiger partial charge in [0.15, 0.2) is 5.11 Å². The van der Waals surface area contributed by atoms with E-state index in [1.165, 1.54) is 11.3 Å². The standard InChI is InChI=1S/C19H30N4O3S2/c1-3-20-19(27)23-10-7-14(8-11-23)16(18(25)21-9-5-12-26-2)22-17(24)15-6-4-13-28-15/h4,6,13-14,16H,3,5,7-12H2,1-2H3,(H,20,27)(H,21,25)(H,22,24). The summed E-state index contributed by atoms with van der Waals surface area (Å²) >= 11 is 6.76. The summed E-state index contributed by atoms with van der Waals surface area (Å²) in [6, 6.07) is 3.05. The number of carbonyl (C=O) groups excluding carboxylic acids is 2. The maximum atomic E-state index is 12.8. The molecule has 0 saturated carbocycles. The van der Waals surface area contributed by atoms with Crippen LogP contribution < -0.4 is 16.0 Å². The molecule has 2 amide bonds. The van der Waals surface area contributed by atoms with Crippen molar-refractivity contribution in [3.8, 4) is 0 Å². The van der Waals surface area contributed by atoms with E-state index in [4.69, 9.17) is 17.0 Å². The van der Waals surface area contributed by atoms with E-state index >= 15 is 0 Å². The second-order valence-corrected chi connectivity index (χ2v) is 8.06. The number of piperidine rings is 1. The summed E-state index contributed by atoms with van der Waals surface area (Å²) in [6.45, 7) is 5.48. The molecule has 2 heterocycles. The monoisotopic (exact) mass is 426 g/mol. The Morgan fingerprint density at radius 3 is 2.71 bits per heavy atom. The predicted octanol–water partition coefficient (Wildman–Crippen LogP) is 1.61. The Hall–Kier alpha value is -1.71. The van der Waals surface area contributed by atoms with E-state index in [2.05, 4.69) is 20.9 Å². The quantitative estimate of drug-likeness (QED) is 0.411. The highest BCUT2D eigenvalue weighted by Gasteiger charge is 2.33. The second kappa shape index (κ2) is 12.0. The number of hydrogen-bond acceptors (Lipinski definition) is 5. The SMILES string of the molecule is CCNC(=S)N1CCC(C(NC(=O)c2cccs2)C(=O)NCCCOC)CC1. The molecule has 1 aromatic rings. The summed E-state index contributed by atoms with van der Waals surface area (Å²) in [5.41, 5.74) is 0. The number of thiocarbonyl (C=S) groups is 1. The fourth-order valence-electron chi connectivity index (χ4n) is 3.25. The molecule has 1 saturated heterocycles. The maximum Gasteiger partial charge on any atom is 0.262 e. The molecule has 156 valence electrons. The summed E-state index contributed by atoms with van der Waals surface area (Å²) in [5, 5.41) is 11.7. The van der Waals surface area contributed by atoms with Gasteiger partial charge in [-0.3, -0.25) is 9.59 Å². The first-order chi connectivity index (χ1) is 13.6. The van der Waals surface area contributed by atoms with Crippen LogP contribution in [-0.4, -0.2) is 67.8 Å². The molecular weight excluding hydrogens is 396 g/mol. The van der Waals surface area contributed by atoms with E-state index in [0.29, 0.717) is 18.0 Å². The van der Waals surface area contributed by atoms with Crippen LogP contribution in [0.5, 0.6) is 0 Å². The molecule has 1 aliphatic heterocycles. The van der Waals surface area contributed by atoms with Crippen molar-refractivity contribution in [2.24, 2.45) is 5.92 Å². The van der Waals surface area contributed by atoms with Crippen LogP contribution in [-0.2, 0) is 9.53 Å². The Morgan fingerprint density at radius 1 is 1.36 bits per heavy atom. The lowest BCUT2D eigenvalue weighted by Crippen LogP contribution is -2.54. The lowest BCUT2D eigenvalue weighted by Gasteiger charge is -2.37. The van der Waals surface area contributed by atoms with E-state index in [0.717, 1.165) is 44.0 Å². The molecule has 3 N–H and O–H groups in total. The molecule has 2 rings (SSSR count). The Morgan fingerprint density at radius 2 is 2.11 bits per heavy atom. The molecular formula is C19H30N4O3S2. The summed E-state index contributed by atoms with van der Waals surface area (Å²) in [6.07, 6.45) is 2.34. The Labute approximate surface area is 176 Å². The maximum absolute atomic E-state index is 12.8. The molecule has 0 aliphatic carbocycles. The van der Waals surface area contributed by atoms with Crippen molar-refractivity contribution >= 4 is 40.5 Å². The third kappa shape index (κ3) is 6.72. The van der Waals surface area contributed by atoms with Gasteiger partial charge in [-0.1, -0.05) is 6.07 Å². The molecule has 1 fully saturated rings. The number of methoxy groups -OCH3 is 1. The lowest BCUT2D eigenvalue weighted by molar-refractivity contribution is -0.124. The highest BCUT2D eigenvalue weighted by molar-refractivity contribution is 7.80. The minimum absolute atomic E-state index is 0.0759. The van der Waals surface area contributed by atoms with Gasteiger partial charge in [0.1, 0.15) is 6.04 Å². The number of rotatable bonds is 9. The minimum Gasteiger partial charge on any atom is -0.385 e. The number of hydrogen-bond donors (Lipinski definition) is 3. The van der Waals surface area contributed by atoms with Gasteiger partial charge in [0.05, 0.1) is 4.88 Å². The summed E-state index contributed by atoms with van der Waals surface area (Å²) < 4.78 is 5.02. The molecule has 0 radical (unpaired) electrons. The average molecular weight is 427 g/mol. The zero-order valence-corrected chi connectivity index (χ0v) is 18.2. The topological polar surface area (TPSA) is 82.7 Å². The first-order valence-corrected chi connectivity index (χ1v) is 11.0. The van der Waals surface area contributed by atoms with Crippen LogP contribution in [0.15, 0.2) is 17.5 Å². The number of nitrogens with zero attached hydrogens (tertiary/aromatic N) is 1. The van der Waals surface area contributed by atoms with Crippen LogP contribution >= 0.6 is 23.6 Å². The van der Waals surface area contributed by atoms with Crippen molar-refractivity contribution in [1.29, 1.82) is 0 Å². The fourth-order valence-corrected chi connectivity index (χ4v) is 4.21. The normalized spacial score (nSPS) is 15.7. The van der Waals surface area contributed by atoms with Crippen molar-refractivity contribution in [2.45, 2.75) is 32.2 Å². The molecule has 1 atom stereocenters. The molecule has 1 aromatic heterocycles. The third-order valence-corrected chi connectivity index (χ3v) is 6.04. The number of likely N-dealkylation sites (tertiary alicyclic amines) is 1. The summed E-state index contributed by atoms with van der Waals surface area (Å²) in [7, 11) is 1.64. The van der Waals surface area contributed by atoms with Gasteiger partial charge in [0.2, 0.25) is 5.91 Å². The van der Waals surface area contributed by atoms with Crippen LogP contribution in [0.2, 0.25) is 0 Å². The van der Waals surface area contributed by atoms with E-state index in [1.807, 2.05) is 18.4 Å². The highest BCUT2D eigenvalue weighted by Crippen LogP contribution is 2.22. The van der Waals surface area contributed by atoms with Gasteiger partial charge >= 0.3 is 0 Å². The first kappa shape index (κ1) is 22.6. The molecule has 28 heavy (non-hydrogen) atoms. The van der Waals surface area contributed by atoms with Crippen molar-refractivity contribution in [3.05, 3.63) is 22.4 Å². The molecule has 0 bridgehead atoms. The number of amides is 2. The molecule has 0 spiro atoms. The number of nitrogens with one attached hydrogen (secondary N) is 3. The van der Waals surface area contributed by atoms with Gasteiger partial charge in [-0.2, -0.15) is 0 Å². The van der Waals surface area contributed by atoms with Crippen LogP contribution in [0.3, 0.4) is 0 Å². The molecule has 1 aliphatic rings. The van der Waals surface area contributed by atoms with Crippen molar-refractivity contribution < 1.29 is 14.3 Å². The van der Waals surface area contributed by atoms with Crippen LogP contribution in [0.25, 0.3) is 0 Å². The van der Waals surface area contributed by atoms with Crippen LogP contribution in [0, 0.1) is 5.92 Å². The van der Waals surface area contributed by atoms with E-state index in [-0.39, 0.29) is 17.7 Å². The largest absolute Gasteiger partial charge is 0.385 e. The zero-order valence-electron chi connectivity index (χ0n) is 16.5. The first-order valence-electron chi connectivity index (χ1n) is 9.70. The zero-order chi connectivity index (χ0) is 20.4. The Kier molecular flexibility index (Phi) is 9.66. The smallest absolute Gasteiger partial charge is 0.262 e. The van der Waals surface area contributed by atoms with Gasteiger partial charge in [-0.05, 0) is 55.8 Å². The van der Waals surface area contributed by atoms with Crippen molar-refractivity contribution in [2.75, 3.05) is 39.9 Å². The second-order valence-electron chi connectivity index (χ2n) is 6.73. The molecule has 1 unspecified atom stereocenters. The van der Waals surface area contributed by atoms with Gasteiger partial charge in [-0.25, -0.2) is 0 Å². The van der Waals surface area contributed by atoms with E-state index in [1.54, 1.807) is 13.2 Å². The van der Waals surface area contributed by atoms with Gasteiger partial charge in [-0.15, -0.1) is 11.3 Å². The van der Waals surface area contributed by atoms with Crippen LogP contribution in [0.4, 0.5) is 0 Å². The lowest BCUT2D eigenvalue weighted by atomic mass is 9.88. The summed E-state index contributed by atoms with van der Waals surface area (Å²) in [5.74, 6) is -0.252. The van der Waals surface area contributed by atoms with E-state index in [9.17, 15) is 9.59 Å². The van der Waals surface area contributed by atoms with Crippen molar-refractivity contribution in [3.63, 3.8) is 0 Å². The molecule has 0 aromatic carbocycles. The summed E-state index contributed by atoms with van der Waals surface area (Å²) in [4.78, 5) is 28.1.